The first-order valence-corrected chi connectivity index (χ1v) is 13.5. The molecule has 0 bridgehead atoms. The molecular formula is C35H34N2O. The Balaban J connectivity index is 1.17. The third-order valence-corrected chi connectivity index (χ3v) is 7.72. The number of nitrogens with one attached hydrogen (secondary N) is 1. The van der Waals surface area contributed by atoms with E-state index >= 15 is 0 Å². The minimum Gasteiger partial charge on any atom is -0.488 e. The topological polar surface area (TPSA) is 33.6 Å². The summed E-state index contributed by atoms with van der Waals surface area (Å²) < 4.78 is 6.19. The zero-order chi connectivity index (χ0) is 26.1. The first-order chi connectivity index (χ1) is 18.5. The van der Waals surface area contributed by atoms with Gasteiger partial charge in [-0.25, -0.2) is 0 Å². The molecule has 4 aromatic carbocycles. The fourth-order valence-electron chi connectivity index (χ4n) is 5.99. The minimum atomic E-state index is 0.294. The molecule has 0 saturated heterocycles. The van der Waals surface area contributed by atoms with E-state index in [4.69, 9.17) is 9.73 Å². The van der Waals surface area contributed by atoms with Crippen molar-refractivity contribution in [3.63, 3.8) is 0 Å². The summed E-state index contributed by atoms with van der Waals surface area (Å²) in [6, 6.07) is 30.4. The van der Waals surface area contributed by atoms with E-state index in [2.05, 4.69) is 98.9 Å². The van der Waals surface area contributed by atoms with Crippen molar-refractivity contribution in [1.29, 1.82) is 0 Å². The van der Waals surface area contributed by atoms with Crippen LogP contribution in [0.3, 0.4) is 0 Å². The number of anilines is 1. The molecule has 1 N–H and O–H groups in total. The van der Waals surface area contributed by atoms with Gasteiger partial charge in [0.05, 0.1) is 11.7 Å². The Kier molecular flexibility index (Phi) is 6.59. The highest BCUT2D eigenvalue weighted by Crippen LogP contribution is 2.50. The Morgan fingerprint density at radius 3 is 2.47 bits per heavy atom. The van der Waals surface area contributed by atoms with Crippen molar-refractivity contribution in [2.75, 3.05) is 5.32 Å². The summed E-state index contributed by atoms with van der Waals surface area (Å²) in [7, 11) is 0. The molecule has 3 atom stereocenters. The van der Waals surface area contributed by atoms with E-state index < -0.39 is 0 Å². The summed E-state index contributed by atoms with van der Waals surface area (Å²) in [6.45, 7) is 6.95. The number of rotatable bonds is 6. The van der Waals surface area contributed by atoms with Crippen LogP contribution < -0.4 is 10.1 Å². The second-order valence-electron chi connectivity index (χ2n) is 10.7. The number of fused-ring (bicyclic) bond motifs is 3. The van der Waals surface area contributed by atoms with E-state index in [0.29, 0.717) is 24.5 Å². The van der Waals surface area contributed by atoms with Crippen LogP contribution in [0, 0.1) is 26.7 Å². The molecule has 38 heavy (non-hydrogen) atoms. The monoisotopic (exact) mass is 498 g/mol. The normalized spacial score (nSPS) is 19.7. The van der Waals surface area contributed by atoms with Gasteiger partial charge in [0.25, 0.3) is 0 Å². The molecule has 0 spiro atoms. The van der Waals surface area contributed by atoms with E-state index in [9.17, 15) is 0 Å². The second kappa shape index (κ2) is 10.3. The van der Waals surface area contributed by atoms with E-state index in [-0.39, 0.29) is 0 Å². The lowest BCUT2D eigenvalue weighted by Gasteiger charge is -2.37. The van der Waals surface area contributed by atoms with Gasteiger partial charge < -0.3 is 10.1 Å². The molecule has 0 aromatic heterocycles. The van der Waals surface area contributed by atoms with E-state index in [0.717, 1.165) is 23.4 Å². The Hall–Kier alpha value is -4.11. The molecule has 0 amide bonds. The van der Waals surface area contributed by atoms with Crippen molar-refractivity contribution in [3.8, 4) is 5.75 Å². The zero-order valence-electron chi connectivity index (χ0n) is 22.3. The van der Waals surface area contributed by atoms with Crippen LogP contribution in [0.2, 0.25) is 0 Å². The number of ether oxygens (including phenoxy) is 1. The molecule has 2 aliphatic rings. The number of aliphatic imine (C=N–C) groups is 1. The van der Waals surface area contributed by atoms with Gasteiger partial charge in [-0.15, -0.1) is 0 Å². The fourth-order valence-corrected chi connectivity index (χ4v) is 5.99. The van der Waals surface area contributed by atoms with Gasteiger partial charge in [-0.2, -0.15) is 0 Å². The zero-order valence-corrected chi connectivity index (χ0v) is 22.3. The molecule has 0 fully saturated rings. The Bertz CT molecular complexity index is 1500. The van der Waals surface area contributed by atoms with Gasteiger partial charge in [0.15, 0.2) is 0 Å². The van der Waals surface area contributed by atoms with Gasteiger partial charge in [0.2, 0.25) is 0 Å². The van der Waals surface area contributed by atoms with Crippen LogP contribution in [0.5, 0.6) is 5.75 Å². The smallest absolute Gasteiger partial charge is 0.128 e. The summed E-state index contributed by atoms with van der Waals surface area (Å²) in [5.41, 5.74) is 10.9. The third-order valence-electron chi connectivity index (χ3n) is 7.72. The van der Waals surface area contributed by atoms with Crippen molar-refractivity contribution < 1.29 is 4.74 Å². The van der Waals surface area contributed by atoms with Crippen molar-refractivity contribution in [2.24, 2.45) is 10.9 Å². The average Bonchev–Trinajstić information content (AvgIpc) is 3.41. The Morgan fingerprint density at radius 2 is 1.66 bits per heavy atom. The molecule has 6 rings (SSSR count). The lowest BCUT2D eigenvalue weighted by molar-refractivity contribution is 0.305. The average molecular weight is 499 g/mol. The molecular weight excluding hydrogens is 464 g/mol. The number of para-hydroxylation sites is 1. The summed E-state index contributed by atoms with van der Waals surface area (Å²) >= 11 is 0. The maximum atomic E-state index is 6.19. The number of aryl methyl sites for hydroxylation is 3. The SMILES string of the molecule is Cc1cc(C)cc(COc2ccccc2C=Nc2ccc([C@@H]3Nc4ccc(C)cc4[C@H]4C=CC[C@@H]43)cc2)c1. The van der Waals surface area contributed by atoms with Crippen molar-refractivity contribution in [2.45, 2.75) is 45.8 Å². The van der Waals surface area contributed by atoms with Crippen molar-refractivity contribution >= 4 is 17.6 Å². The van der Waals surface area contributed by atoms with Gasteiger partial charge in [-0.1, -0.05) is 83.4 Å². The van der Waals surface area contributed by atoms with Gasteiger partial charge in [0, 0.05) is 23.4 Å². The molecule has 3 nitrogen and oxygen atoms in total. The maximum absolute atomic E-state index is 6.19. The van der Waals surface area contributed by atoms with Gasteiger partial charge in [0.1, 0.15) is 12.4 Å². The minimum absolute atomic E-state index is 0.294. The van der Waals surface area contributed by atoms with E-state index in [1.54, 1.807) is 0 Å². The lowest BCUT2D eigenvalue weighted by Crippen LogP contribution is -2.29. The summed E-state index contributed by atoms with van der Waals surface area (Å²) in [5, 5.41) is 3.84. The molecule has 190 valence electrons. The summed E-state index contributed by atoms with van der Waals surface area (Å²) in [5.74, 6) is 1.86. The van der Waals surface area contributed by atoms with E-state index in [1.165, 1.54) is 39.1 Å². The van der Waals surface area contributed by atoms with Crippen molar-refractivity contribution in [3.05, 3.63) is 136 Å². The van der Waals surface area contributed by atoms with Crippen LogP contribution in [-0.4, -0.2) is 6.21 Å². The maximum Gasteiger partial charge on any atom is 0.128 e. The number of allylic oxidation sites excluding steroid dienone is 2. The molecule has 1 aliphatic carbocycles. The second-order valence-corrected chi connectivity index (χ2v) is 10.7. The first-order valence-electron chi connectivity index (χ1n) is 13.5. The number of hydrogen-bond donors (Lipinski definition) is 1. The Morgan fingerprint density at radius 1 is 0.868 bits per heavy atom. The van der Waals surface area contributed by atoms with Gasteiger partial charge >= 0.3 is 0 Å². The summed E-state index contributed by atoms with van der Waals surface area (Å²) in [6.07, 6.45) is 7.75. The van der Waals surface area contributed by atoms with Crippen LogP contribution >= 0.6 is 0 Å². The molecule has 1 aliphatic heterocycles. The van der Waals surface area contributed by atoms with E-state index in [1.807, 2.05) is 30.5 Å². The fraction of sp³-hybridized carbons (Fsp3) is 0.229. The van der Waals surface area contributed by atoms with Crippen LogP contribution in [0.15, 0.2) is 102 Å². The molecule has 0 unspecified atom stereocenters. The number of nitrogens with zero attached hydrogens (tertiary/aromatic N) is 1. The third kappa shape index (κ3) is 5.02. The lowest BCUT2D eigenvalue weighted by atomic mass is 9.76. The van der Waals surface area contributed by atoms with Crippen LogP contribution in [0.1, 0.15) is 57.3 Å². The van der Waals surface area contributed by atoms with Crippen molar-refractivity contribution in [1.82, 2.24) is 0 Å². The molecule has 3 heteroatoms. The molecule has 0 saturated carbocycles. The number of hydrogen-bond acceptors (Lipinski definition) is 3. The predicted octanol–water partition coefficient (Wildman–Crippen LogP) is 8.77. The highest BCUT2D eigenvalue weighted by molar-refractivity contribution is 5.85. The van der Waals surface area contributed by atoms with Gasteiger partial charge in [-0.3, -0.25) is 4.99 Å². The predicted molar refractivity (Wildman–Crippen MR) is 158 cm³/mol. The van der Waals surface area contributed by atoms with Gasteiger partial charge in [-0.05, 0) is 80.1 Å². The Labute approximate surface area is 225 Å². The molecule has 0 radical (unpaired) electrons. The number of benzene rings is 4. The van der Waals surface area contributed by atoms with Crippen LogP contribution in [-0.2, 0) is 6.61 Å². The molecule has 1 heterocycles. The first kappa shape index (κ1) is 24.2. The highest BCUT2D eigenvalue weighted by Gasteiger charge is 2.37. The van der Waals surface area contributed by atoms with Crippen LogP contribution in [0.4, 0.5) is 11.4 Å². The highest BCUT2D eigenvalue weighted by atomic mass is 16.5. The standard InChI is InChI=1S/C35H34N2O/c1-23-11-16-33-32(20-23)30-8-6-9-31(30)35(37-33)27-12-14-29(15-13-27)36-21-28-7-4-5-10-34(28)38-22-26-18-24(2)17-25(3)19-26/h4-8,10-21,30-31,35,37H,9,22H2,1-3H3/t30-,31-,35-/m0/s1. The summed E-state index contributed by atoms with van der Waals surface area (Å²) in [4.78, 5) is 4.78. The molecule has 4 aromatic rings. The largest absolute Gasteiger partial charge is 0.488 e. The quantitative estimate of drug-likeness (QED) is 0.213. The van der Waals surface area contributed by atoms with Crippen LogP contribution in [0.25, 0.3) is 0 Å².